The zero-order chi connectivity index (χ0) is 18.6. The van der Waals surface area contributed by atoms with E-state index < -0.39 is 21.5 Å². The van der Waals surface area contributed by atoms with Crippen LogP contribution in [0.1, 0.15) is 41.1 Å². The summed E-state index contributed by atoms with van der Waals surface area (Å²) in [5.41, 5.74) is 3.33. The number of carbonyl (C=O) groups is 1. The highest BCUT2D eigenvalue weighted by atomic mass is 32.2. The van der Waals surface area contributed by atoms with E-state index in [1.165, 1.54) is 5.56 Å². The highest BCUT2D eigenvalue weighted by Crippen LogP contribution is 2.29. The third-order valence-electron chi connectivity index (χ3n) is 4.53. The summed E-state index contributed by atoms with van der Waals surface area (Å²) in [6, 6.07) is 16.2. The van der Waals surface area contributed by atoms with Gasteiger partial charge in [0.05, 0.1) is 23.4 Å². The van der Waals surface area contributed by atoms with E-state index in [4.69, 9.17) is 5.26 Å². The minimum atomic E-state index is -3.58. The number of carbonyl (C=O) groups excluding carboxylic acids is 1. The fourth-order valence-corrected chi connectivity index (χ4v) is 4.61. The average Bonchev–Trinajstić information content (AvgIpc) is 2.62. The number of fused-ring (bicyclic) bond motifs is 1. The molecule has 1 aliphatic carbocycles. The molecule has 0 aliphatic heterocycles. The van der Waals surface area contributed by atoms with E-state index >= 15 is 0 Å². The van der Waals surface area contributed by atoms with Gasteiger partial charge in [0.1, 0.15) is 5.75 Å². The number of hydrogen-bond acceptors (Lipinski definition) is 4. The van der Waals surface area contributed by atoms with Gasteiger partial charge in [0.25, 0.3) is 0 Å². The Balaban J connectivity index is 1.63. The van der Waals surface area contributed by atoms with Crippen LogP contribution in [0, 0.1) is 11.3 Å². The molecule has 0 fully saturated rings. The smallest absolute Gasteiger partial charge is 0.235 e. The quantitative estimate of drug-likeness (QED) is 0.879. The van der Waals surface area contributed by atoms with Crippen LogP contribution >= 0.6 is 0 Å². The lowest BCUT2D eigenvalue weighted by Crippen LogP contribution is -2.35. The lowest BCUT2D eigenvalue weighted by atomic mass is 9.88. The maximum absolute atomic E-state index is 12.3. The van der Waals surface area contributed by atoms with E-state index in [1.807, 2.05) is 24.3 Å². The lowest BCUT2D eigenvalue weighted by molar-refractivity contribution is -0.119. The molecule has 26 heavy (non-hydrogen) atoms. The first kappa shape index (κ1) is 18.2. The fraction of sp³-hybridized carbons (Fsp3) is 0.300. The van der Waals surface area contributed by atoms with Gasteiger partial charge in [-0.2, -0.15) is 5.26 Å². The molecular formula is C20H20N2O3S. The molecule has 0 saturated heterocycles. The Bertz CT molecular complexity index is 944. The van der Waals surface area contributed by atoms with Crippen LogP contribution in [-0.4, -0.2) is 20.1 Å². The highest BCUT2D eigenvalue weighted by molar-refractivity contribution is 7.91. The van der Waals surface area contributed by atoms with E-state index in [9.17, 15) is 13.2 Å². The zero-order valence-corrected chi connectivity index (χ0v) is 15.1. The van der Waals surface area contributed by atoms with Crippen molar-refractivity contribution >= 4 is 15.7 Å². The van der Waals surface area contributed by atoms with Crippen LogP contribution < -0.4 is 5.32 Å². The predicted molar refractivity (Wildman–Crippen MR) is 98.9 cm³/mol. The Hall–Kier alpha value is -2.65. The van der Waals surface area contributed by atoms with E-state index in [-0.39, 0.29) is 11.8 Å². The van der Waals surface area contributed by atoms with Crippen LogP contribution in [0.25, 0.3) is 0 Å². The van der Waals surface area contributed by atoms with Crippen molar-refractivity contribution in [2.24, 2.45) is 0 Å². The molecule has 3 rings (SSSR count). The van der Waals surface area contributed by atoms with Gasteiger partial charge in [-0.25, -0.2) is 8.42 Å². The number of nitrogens with one attached hydrogen (secondary N) is 1. The Morgan fingerprint density at radius 1 is 1.15 bits per heavy atom. The fourth-order valence-electron chi connectivity index (χ4n) is 3.32. The summed E-state index contributed by atoms with van der Waals surface area (Å²) in [5, 5.41) is 11.7. The van der Waals surface area contributed by atoms with Crippen LogP contribution in [0.2, 0.25) is 0 Å². The highest BCUT2D eigenvalue weighted by Gasteiger charge is 2.24. The predicted octanol–water partition coefficient (Wildman–Crippen LogP) is 2.67. The second-order valence-corrected chi connectivity index (χ2v) is 8.62. The molecule has 1 N–H and O–H groups in total. The van der Waals surface area contributed by atoms with Crippen molar-refractivity contribution < 1.29 is 13.2 Å². The number of nitriles is 1. The molecule has 1 amide bonds. The van der Waals surface area contributed by atoms with Crippen molar-refractivity contribution in [2.45, 2.75) is 31.1 Å². The summed E-state index contributed by atoms with van der Waals surface area (Å²) < 4.78 is 24.7. The van der Waals surface area contributed by atoms with Gasteiger partial charge in [0.15, 0.2) is 9.84 Å². The number of amides is 1. The molecule has 134 valence electrons. The van der Waals surface area contributed by atoms with Crippen molar-refractivity contribution in [1.29, 1.82) is 5.26 Å². The van der Waals surface area contributed by atoms with Gasteiger partial charge in [-0.05, 0) is 48.1 Å². The maximum Gasteiger partial charge on any atom is 0.235 e. The largest absolute Gasteiger partial charge is 0.348 e. The standard InChI is InChI=1S/C20H20N2O3S/c21-12-15-8-10-16(11-9-15)13-26(24,25)14-20(23)22-19-7-3-5-17-4-1-2-6-18(17)19/h1-2,4,6,8-11,19H,3,5,7,13-14H2,(H,22,23)/t19-/m1/s1. The Labute approximate surface area is 153 Å². The summed E-state index contributed by atoms with van der Waals surface area (Å²) >= 11 is 0. The van der Waals surface area contributed by atoms with E-state index in [0.717, 1.165) is 24.8 Å². The van der Waals surface area contributed by atoms with Crippen molar-refractivity contribution in [1.82, 2.24) is 5.32 Å². The summed E-state index contributed by atoms with van der Waals surface area (Å²) in [4.78, 5) is 12.3. The molecule has 5 nitrogen and oxygen atoms in total. The Morgan fingerprint density at radius 2 is 1.88 bits per heavy atom. The van der Waals surface area contributed by atoms with Crippen molar-refractivity contribution in [3.8, 4) is 6.07 Å². The maximum atomic E-state index is 12.3. The summed E-state index contributed by atoms with van der Waals surface area (Å²) in [5.74, 6) is -1.22. The summed E-state index contributed by atoms with van der Waals surface area (Å²) in [6.45, 7) is 0. The molecule has 1 aliphatic rings. The molecule has 0 bridgehead atoms. The molecule has 0 heterocycles. The number of benzene rings is 2. The SMILES string of the molecule is N#Cc1ccc(CS(=O)(=O)CC(=O)N[C@@H]2CCCc3ccccc32)cc1. The van der Waals surface area contributed by atoms with Gasteiger partial charge in [-0.15, -0.1) is 0 Å². The number of nitrogens with zero attached hydrogens (tertiary/aromatic N) is 1. The lowest BCUT2D eigenvalue weighted by Gasteiger charge is -2.26. The Morgan fingerprint density at radius 3 is 2.62 bits per heavy atom. The molecule has 0 radical (unpaired) electrons. The minimum Gasteiger partial charge on any atom is -0.348 e. The van der Waals surface area contributed by atoms with Gasteiger partial charge in [0, 0.05) is 0 Å². The van der Waals surface area contributed by atoms with Crippen LogP contribution in [0.4, 0.5) is 0 Å². The topological polar surface area (TPSA) is 87.0 Å². The first-order valence-electron chi connectivity index (χ1n) is 8.53. The number of sulfone groups is 1. The molecule has 0 spiro atoms. The number of hydrogen-bond donors (Lipinski definition) is 1. The number of aryl methyl sites for hydroxylation is 1. The van der Waals surface area contributed by atoms with E-state index in [0.29, 0.717) is 11.1 Å². The first-order chi connectivity index (χ1) is 12.5. The van der Waals surface area contributed by atoms with Crippen LogP contribution in [0.3, 0.4) is 0 Å². The second kappa shape index (κ2) is 7.71. The molecule has 0 aromatic heterocycles. The van der Waals surface area contributed by atoms with Gasteiger partial charge < -0.3 is 5.32 Å². The zero-order valence-electron chi connectivity index (χ0n) is 14.3. The molecule has 6 heteroatoms. The van der Waals surface area contributed by atoms with Gasteiger partial charge in [0.2, 0.25) is 5.91 Å². The molecule has 2 aromatic carbocycles. The number of rotatable bonds is 5. The second-order valence-electron chi connectivity index (χ2n) is 6.55. The third kappa shape index (κ3) is 4.50. The monoisotopic (exact) mass is 368 g/mol. The molecule has 2 aromatic rings. The normalized spacial score (nSPS) is 16.3. The van der Waals surface area contributed by atoms with Gasteiger partial charge >= 0.3 is 0 Å². The Kier molecular flexibility index (Phi) is 5.38. The van der Waals surface area contributed by atoms with Gasteiger partial charge in [-0.3, -0.25) is 4.79 Å². The van der Waals surface area contributed by atoms with Crippen molar-refractivity contribution in [3.05, 3.63) is 70.8 Å². The minimum absolute atomic E-state index is 0.127. The van der Waals surface area contributed by atoms with Crippen LogP contribution in [0.15, 0.2) is 48.5 Å². The summed E-state index contributed by atoms with van der Waals surface area (Å²) in [6.07, 6.45) is 2.78. The molecule has 1 atom stereocenters. The average molecular weight is 368 g/mol. The molecular weight excluding hydrogens is 348 g/mol. The summed E-state index contributed by atoms with van der Waals surface area (Å²) in [7, 11) is -3.58. The van der Waals surface area contributed by atoms with Gasteiger partial charge in [-0.1, -0.05) is 36.4 Å². The first-order valence-corrected chi connectivity index (χ1v) is 10.4. The third-order valence-corrected chi connectivity index (χ3v) is 6.00. The van der Waals surface area contributed by atoms with Crippen LogP contribution in [-0.2, 0) is 26.8 Å². The van der Waals surface area contributed by atoms with Crippen molar-refractivity contribution in [2.75, 3.05) is 5.75 Å². The van der Waals surface area contributed by atoms with E-state index in [2.05, 4.69) is 11.4 Å². The van der Waals surface area contributed by atoms with Crippen LogP contribution in [0.5, 0.6) is 0 Å². The van der Waals surface area contributed by atoms with Crippen molar-refractivity contribution in [3.63, 3.8) is 0 Å². The molecule has 0 unspecified atom stereocenters. The molecule has 0 saturated carbocycles. The van der Waals surface area contributed by atoms with E-state index in [1.54, 1.807) is 24.3 Å².